The number of aromatic nitrogens is 3. The second kappa shape index (κ2) is 4.22. The van der Waals surface area contributed by atoms with E-state index in [1.54, 1.807) is 6.20 Å². The first-order valence-corrected chi connectivity index (χ1v) is 5.84. The Bertz CT molecular complexity index is 644. The number of imidazole rings is 1. The Kier molecular flexibility index (Phi) is 2.57. The summed E-state index contributed by atoms with van der Waals surface area (Å²) in [5.41, 5.74) is 3.62. The Morgan fingerprint density at radius 1 is 1.29 bits per heavy atom. The number of hydrogen-bond donors (Lipinski definition) is 1. The number of aryl methyl sites for hydroxylation is 1. The van der Waals surface area contributed by atoms with E-state index in [9.17, 15) is 0 Å². The number of hydrogen-bond acceptors (Lipinski definition) is 3. The van der Waals surface area contributed by atoms with Gasteiger partial charge in [-0.05, 0) is 12.1 Å². The van der Waals surface area contributed by atoms with Crippen molar-refractivity contribution in [3.8, 4) is 11.3 Å². The fraction of sp³-hybridized carbons (Fsp3) is 0.167. The van der Waals surface area contributed by atoms with Crippen molar-refractivity contribution < 1.29 is 4.42 Å². The van der Waals surface area contributed by atoms with Gasteiger partial charge >= 0.3 is 0 Å². The average Bonchev–Trinajstić information content (AvgIpc) is 2.96. The third-order valence-electron chi connectivity index (χ3n) is 2.60. The summed E-state index contributed by atoms with van der Waals surface area (Å²) >= 11 is 5.67. The van der Waals surface area contributed by atoms with E-state index >= 15 is 0 Å². The molecule has 0 aliphatic heterocycles. The molecule has 5 heteroatoms. The van der Waals surface area contributed by atoms with Crippen LogP contribution < -0.4 is 0 Å². The van der Waals surface area contributed by atoms with Crippen molar-refractivity contribution in [1.29, 1.82) is 0 Å². The number of halogens is 1. The number of nitrogens with one attached hydrogen (secondary N) is 1. The molecule has 0 aliphatic carbocycles. The number of H-pyrrole nitrogens is 1. The zero-order valence-electron chi connectivity index (χ0n) is 8.98. The maximum atomic E-state index is 5.67. The molecule has 1 aromatic carbocycles. The maximum Gasteiger partial charge on any atom is 0.181 e. The summed E-state index contributed by atoms with van der Waals surface area (Å²) in [6, 6.07) is 5.86. The molecule has 0 spiro atoms. The number of nitrogens with zero attached hydrogens (tertiary/aromatic N) is 2. The van der Waals surface area contributed by atoms with Gasteiger partial charge in [0.2, 0.25) is 0 Å². The molecule has 0 amide bonds. The van der Waals surface area contributed by atoms with Crippen molar-refractivity contribution in [2.45, 2.75) is 6.42 Å². The standard InChI is InChI=1S/C12H10ClN3O/c13-4-3-12-14-6-10(16-12)8-1-2-9-11(5-8)17-7-15-9/h1-2,5-7H,3-4H2,(H,14,16). The third-order valence-corrected chi connectivity index (χ3v) is 2.79. The lowest BCUT2D eigenvalue weighted by atomic mass is 10.1. The van der Waals surface area contributed by atoms with E-state index in [2.05, 4.69) is 15.0 Å². The van der Waals surface area contributed by atoms with Crippen LogP contribution in [0.25, 0.3) is 22.4 Å². The quantitative estimate of drug-likeness (QED) is 0.724. The van der Waals surface area contributed by atoms with Crippen LogP contribution in [0, 0.1) is 0 Å². The summed E-state index contributed by atoms with van der Waals surface area (Å²) in [6.45, 7) is 0. The number of oxazole rings is 1. The van der Waals surface area contributed by atoms with Gasteiger partial charge in [0.05, 0.1) is 11.9 Å². The Labute approximate surface area is 103 Å². The minimum absolute atomic E-state index is 0.564. The Hall–Kier alpha value is -1.81. The molecule has 0 bridgehead atoms. The van der Waals surface area contributed by atoms with Crippen molar-refractivity contribution in [2.75, 3.05) is 5.88 Å². The number of fused-ring (bicyclic) bond motifs is 1. The molecule has 0 radical (unpaired) electrons. The largest absolute Gasteiger partial charge is 0.443 e. The third kappa shape index (κ3) is 1.91. The first-order valence-electron chi connectivity index (χ1n) is 5.30. The van der Waals surface area contributed by atoms with Crippen LogP contribution in [-0.4, -0.2) is 20.8 Å². The van der Waals surface area contributed by atoms with Crippen molar-refractivity contribution in [3.63, 3.8) is 0 Å². The van der Waals surface area contributed by atoms with E-state index in [-0.39, 0.29) is 0 Å². The van der Waals surface area contributed by atoms with Gasteiger partial charge < -0.3 is 9.40 Å². The molecule has 0 saturated heterocycles. The summed E-state index contributed by atoms with van der Waals surface area (Å²) in [6.07, 6.45) is 3.99. The predicted molar refractivity (Wildman–Crippen MR) is 66.0 cm³/mol. The zero-order valence-corrected chi connectivity index (χ0v) is 9.74. The van der Waals surface area contributed by atoms with Gasteiger partial charge in [0.25, 0.3) is 0 Å². The molecule has 2 aromatic heterocycles. The minimum atomic E-state index is 0.564. The number of benzene rings is 1. The summed E-state index contributed by atoms with van der Waals surface area (Å²) in [7, 11) is 0. The van der Waals surface area contributed by atoms with Gasteiger partial charge in [-0.1, -0.05) is 6.07 Å². The molecule has 86 valence electrons. The van der Waals surface area contributed by atoms with Gasteiger partial charge in [0.15, 0.2) is 12.0 Å². The highest BCUT2D eigenvalue weighted by Gasteiger charge is 2.05. The highest BCUT2D eigenvalue weighted by Crippen LogP contribution is 2.22. The lowest BCUT2D eigenvalue weighted by Crippen LogP contribution is -1.88. The smallest absolute Gasteiger partial charge is 0.181 e. The monoisotopic (exact) mass is 247 g/mol. The molecule has 3 rings (SSSR count). The molecule has 17 heavy (non-hydrogen) atoms. The molecule has 3 aromatic rings. The fourth-order valence-corrected chi connectivity index (χ4v) is 1.93. The predicted octanol–water partition coefficient (Wildman–Crippen LogP) is 3.00. The van der Waals surface area contributed by atoms with Crippen molar-refractivity contribution in [3.05, 3.63) is 36.6 Å². The van der Waals surface area contributed by atoms with Crippen LogP contribution in [0.1, 0.15) is 5.82 Å². The molecular weight excluding hydrogens is 238 g/mol. The van der Waals surface area contributed by atoms with Gasteiger partial charge in [-0.15, -0.1) is 11.6 Å². The van der Waals surface area contributed by atoms with Crippen LogP contribution in [0.4, 0.5) is 0 Å². The topological polar surface area (TPSA) is 54.7 Å². The van der Waals surface area contributed by atoms with Gasteiger partial charge in [-0.3, -0.25) is 0 Å². The van der Waals surface area contributed by atoms with E-state index in [4.69, 9.17) is 16.0 Å². The van der Waals surface area contributed by atoms with Crippen LogP contribution in [0.3, 0.4) is 0 Å². The summed E-state index contributed by atoms with van der Waals surface area (Å²) < 4.78 is 5.27. The highest BCUT2D eigenvalue weighted by atomic mass is 35.5. The molecule has 4 nitrogen and oxygen atoms in total. The number of alkyl halides is 1. The molecule has 0 atom stereocenters. The van der Waals surface area contributed by atoms with E-state index in [0.29, 0.717) is 5.88 Å². The zero-order chi connectivity index (χ0) is 11.7. The molecule has 0 saturated carbocycles. The van der Waals surface area contributed by atoms with E-state index < -0.39 is 0 Å². The highest BCUT2D eigenvalue weighted by molar-refractivity contribution is 6.17. The number of rotatable bonds is 3. The Morgan fingerprint density at radius 2 is 2.24 bits per heavy atom. The van der Waals surface area contributed by atoms with Crippen molar-refractivity contribution in [2.24, 2.45) is 0 Å². The summed E-state index contributed by atoms with van der Waals surface area (Å²) in [5.74, 6) is 1.46. The molecule has 0 fully saturated rings. The van der Waals surface area contributed by atoms with E-state index in [1.165, 1.54) is 6.39 Å². The maximum absolute atomic E-state index is 5.67. The van der Waals surface area contributed by atoms with Crippen LogP contribution in [-0.2, 0) is 6.42 Å². The van der Waals surface area contributed by atoms with Gasteiger partial charge in [-0.2, -0.15) is 0 Å². The van der Waals surface area contributed by atoms with Gasteiger partial charge in [0.1, 0.15) is 11.3 Å². The van der Waals surface area contributed by atoms with E-state index in [1.807, 2.05) is 18.2 Å². The first-order chi connectivity index (χ1) is 8.36. The minimum Gasteiger partial charge on any atom is -0.443 e. The van der Waals surface area contributed by atoms with Crippen molar-refractivity contribution in [1.82, 2.24) is 15.0 Å². The van der Waals surface area contributed by atoms with Crippen molar-refractivity contribution >= 4 is 22.7 Å². The molecule has 0 unspecified atom stereocenters. The van der Waals surface area contributed by atoms with Gasteiger partial charge in [-0.25, -0.2) is 9.97 Å². The normalized spacial score (nSPS) is 11.1. The summed E-state index contributed by atoms with van der Waals surface area (Å²) in [4.78, 5) is 11.6. The second-order valence-electron chi connectivity index (χ2n) is 3.72. The van der Waals surface area contributed by atoms with Gasteiger partial charge in [0, 0.05) is 17.9 Å². The number of aromatic amines is 1. The Morgan fingerprint density at radius 3 is 3.12 bits per heavy atom. The summed E-state index contributed by atoms with van der Waals surface area (Å²) in [5, 5.41) is 0. The SMILES string of the molecule is ClCCc1ncc(-c2ccc3ncoc3c2)[nH]1. The Balaban J connectivity index is 2.00. The molecular formula is C12H10ClN3O. The average molecular weight is 248 g/mol. The van der Waals surface area contributed by atoms with Crippen LogP contribution >= 0.6 is 11.6 Å². The molecule has 1 N–H and O–H groups in total. The van der Waals surface area contributed by atoms with Crippen LogP contribution in [0.15, 0.2) is 35.2 Å². The first kappa shape index (κ1) is 10.4. The van der Waals surface area contributed by atoms with E-state index in [0.717, 1.165) is 34.6 Å². The van der Waals surface area contributed by atoms with Crippen LogP contribution in [0.5, 0.6) is 0 Å². The fourth-order valence-electron chi connectivity index (χ4n) is 1.75. The molecule has 2 heterocycles. The lowest BCUT2D eigenvalue weighted by molar-refractivity contribution is 0.602. The molecule has 0 aliphatic rings. The lowest BCUT2D eigenvalue weighted by Gasteiger charge is -1.96. The van der Waals surface area contributed by atoms with Crippen LogP contribution in [0.2, 0.25) is 0 Å². The second-order valence-corrected chi connectivity index (χ2v) is 4.10.